The van der Waals surface area contributed by atoms with E-state index >= 15 is 0 Å². The van der Waals surface area contributed by atoms with Crippen molar-refractivity contribution in [2.75, 3.05) is 0 Å². The van der Waals surface area contributed by atoms with E-state index in [0.717, 1.165) is 21.7 Å². The third kappa shape index (κ3) is 2.78. The number of rotatable bonds is 2. The minimum absolute atomic E-state index is 0.0793. The number of aryl methyl sites for hydroxylation is 1. The predicted octanol–water partition coefficient (Wildman–Crippen LogP) is 5.36. The molecular formula is C20H14F3NO2S. The third-order valence-corrected chi connectivity index (χ3v) is 6.26. The molecule has 0 radical (unpaired) electrons. The van der Waals surface area contributed by atoms with Gasteiger partial charge < -0.3 is 0 Å². The lowest BCUT2D eigenvalue weighted by Gasteiger charge is -2.10. The van der Waals surface area contributed by atoms with Gasteiger partial charge in [0.2, 0.25) is 0 Å². The number of nitrogens with zero attached hydrogens (tertiary/aromatic N) is 1. The third-order valence-electron chi connectivity index (χ3n) is 4.51. The van der Waals surface area contributed by atoms with Crippen molar-refractivity contribution < 1.29 is 21.6 Å². The molecule has 4 rings (SSSR count). The fourth-order valence-electron chi connectivity index (χ4n) is 3.19. The molecule has 0 saturated carbocycles. The van der Waals surface area contributed by atoms with E-state index in [2.05, 4.69) is 0 Å². The Hall–Kier alpha value is -2.80. The number of para-hydroxylation sites is 1. The molecule has 0 spiro atoms. The molecule has 7 heteroatoms. The Balaban J connectivity index is 2.09. The lowest BCUT2D eigenvalue weighted by atomic mass is 10.1. The van der Waals surface area contributed by atoms with Crippen LogP contribution in [0.15, 0.2) is 71.6 Å². The fraction of sp³-hybridized carbons (Fsp3) is 0.100. The van der Waals surface area contributed by atoms with E-state index in [4.69, 9.17) is 0 Å². The number of alkyl halides is 3. The molecule has 4 aromatic rings. The van der Waals surface area contributed by atoms with Crippen LogP contribution in [0.4, 0.5) is 13.2 Å². The second kappa shape index (κ2) is 5.85. The van der Waals surface area contributed by atoms with Crippen LogP contribution in [0.3, 0.4) is 0 Å². The molecule has 0 aliphatic carbocycles. The molecule has 27 heavy (non-hydrogen) atoms. The minimum Gasteiger partial charge on any atom is -0.233 e. The highest BCUT2D eigenvalue weighted by Crippen LogP contribution is 2.37. The van der Waals surface area contributed by atoms with Crippen LogP contribution in [-0.2, 0) is 16.2 Å². The van der Waals surface area contributed by atoms with Crippen molar-refractivity contribution in [3.05, 3.63) is 77.9 Å². The summed E-state index contributed by atoms with van der Waals surface area (Å²) in [4.78, 5) is 0.0793. The monoisotopic (exact) mass is 389 g/mol. The molecular weight excluding hydrogens is 375 g/mol. The van der Waals surface area contributed by atoms with Gasteiger partial charge in [-0.1, -0.05) is 35.9 Å². The van der Waals surface area contributed by atoms with Crippen molar-refractivity contribution in [2.24, 2.45) is 0 Å². The van der Waals surface area contributed by atoms with Crippen LogP contribution < -0.4 is 0 Å². The van der Waals surface area contributed by atoms with Crippen LogP contribution in [-0.4, -0.2) is 12.4 Å². The number of halogens is 3. The number of fused-ring (bicyclic) bond motifs is 3. The zero-order valence-electron chi connectivity index (χ0n) is 14.2. The number of hydrogen-bond donors (Lipinski definition) is 0. The van der Waals surface area contributed by atoms with Gasteiger partial charge in [-0.25, -0.2) is 12.4 Å². The Morgan fingerprint density at radius 2 is 1.44 bits per heavy atom. The van der Waals surface area contributed by atoms with Gasteiger partial charge in [0.1, 0.15) is 0 Å². The second-order valence-corrected chi connectivity index (χ2v) is 8.12. The molecule has 0 saturated heterocycles. The number of benzene rings is 3. The summed E-state index contributed by atoms with van der Waals surface area (Å²) >= 11 is 0. The van der Waals surface area contributed by atoms with Gasteiger partial charge in [0.25, 0.3) is 10.0 Å². The largest absolute Gasteiger partial charge is 0.416 e. The van der Waals surface area contributed by atoms with Crippen LogP contribution in [0.1, 0.15) is 11.1 Å². The quantitative estimate of drug-likeness (QED) is 0.463. The maximum absolute atomic E-state index is 13.3. The molecule has 0 N–H and O–H groups in total. The molecule has 138 valence electrons. The summed E-state index contributed by atoms with van der Waals surface area (Å²) in [5.41, 5.74) is 0.647. The highest BCUT2D eigenvalue weighted by molar-refractivity contribution is 7.90. The molecule has 0 unspecified atom stereocenters. The minimum atomic E-state index is -4.51. The lowest BCUT2D eigenvalue weighted by Crippen LogP contribution is -2.13. The molecule has 1 heterocycles. The van der Waals surface area contributed by atoms with Gasteiger partial charge in [-0.3, -0.25) is 0 Å². The molecule has 3 nitrogen and oxygen atoms in total. The Kier molecular flexibility index (Phi) is 3.82. The van der Waals surface area contributed by atoms with E-state index in [0.29, 0.717) is 10.9 Å². The van der Waals surface area contributed by atoms with E-state index < -0.39 is 21.8 Å². The van der Waals surface area contributed by atoms with Gasteiger partial charge in [0.15, 0.2) is 0 Å². The standard InChI is InChI=1S/C20H14F3NO2S/c1-13-6-9-15(10-7-13)27(25,26)24-18-5-3-2-4-16(18)17-12-14(20(21,22)23)8-11-19(17)24/h2-12H,1H3. The van der Waals surface area contributed by atoms with Gasteiger partial charge in [0.05, 0.1) is 21.5 Å². The molecule has 3 aromatic carbocycles. The number of aromatic nitrogens is 1. The van der Waals surface area contributed by atoms with Crippen LogP contribution in [0, 0.1) is 6.92 Å². The van der Waals surface area contributed by atoms with E-state index in [-0.39, 0.29) is 15.8 Å². The highest BCUT2D eigenvalue weighted by Gasteiger charge is 2.32. The molecule has 0 aliphatic rings. The maximum atomic E-state index is 13.3. The average molecular weight is 389 g/mol. The smallest absolute Gasteiger partial charge is 0.233 e. The zero-order valence-corrected chi connectivity index (χ0v) is 15.0. The molecule has 0 aliphatic heterocycles. The van der Waals surface area contributed by atoms with Crippen molar-refractivity contribution in [1.82, 2.24) is 3.97 Å². The Bertz CT molecular complexity index is 1270. The van der Waals surface area contributed by atoms with Gasteiger partial charge in [-0.2, -0.15) is 13.2 Å². The molecule has 0 atom stereocenters. The van der Waals surface area contributed by atoms with Gasteiger partial charge in [0, 0.05) is 10.8 Å². The Morgan fingerprint density at radius 1 is 0.815 bits per heavy atom. The van der Waals surface area contributed by atoms with E-state index in [1.54, 1.807) is 36.4 Å². The topological polar surface area (TPSA) is 39.1 Å². The van der Waals surface area contributed by atoms with Crippen LogP contribution in [0.25, 0.3) is 21.8 Å². The summed E-state index contributed by atoms with van der Waals surface area (Å²) in [5.74, 6) is 0. The van der Waals surface area contributed by atoms with Gasteiger partial charge in [-0.05, 0) is 43.3 Å². The first-order chi connectivity index (χ1) is 12.7. The molecule has 1 aromatic heterocycles. The zero-order chi connectivity index (χ0) is 19.4. The van der Waals surface area contributed by atoms with E-state index in [1.165, 1.54) is 18.2 Å². The van der Waals surface area contributed by atoms with Crippen molar-refractivity contribution >= 4 is 31.8 Å². The van der Waals surface area contributed by atoms with E-state index in [9.17, 15) is 21.6 Å². The summed E-state index contributed by atoms with van der Waals surface area (Å²) in [6, 6.07) is 16.0. The summed E-state index contributed by atoms with van der Waals surface area (Å²) in [6.45, 7) is 1.84. The summed E-state index contributed by atoms with van der Waals surface area (Å²) in [6.07, 6.45) is -4.51. The average Bonchev–Trinajstić information content (AvgIpc) is 2.96. The molecule has 0 amide bonds. The highest BCUT2D eigenvalue weighted by atomic mass is 32.2. The first kappa shape index (κ1) is 17.6. The van der Waals surface area contributed by atoms with E-state index in [1.807, 2.05) is 6.92 Å². The van der Waals surface area contributed by atoms with Crippen molar-refractivity contribution in [1.29, 1.82) is 0 Å². The predicted molar refractivity (Wildman–Crippen MR) is 98.2 cm³/mol. The van der Waals surface area contributed by atoms with Gasteiger partial charge in [-0.15, -0.1) is 0 Å². The normalized spacial score (nSPS) is 12.7. The first-order valence-corrected chi connectivity index (χ1v) is 9.56. The Labute approximate surface area is 153 Å². The van der Waals surface area contributed by atoms with Crippen molar-refractivity contribution in [2.45, 2.75) is 18.0 Å². The molecule has 0 bridgehead atoms. The maximum Gasteiger partial charge on any atom is 0.416 e. The van der Waals surface area contributed by atoms with Crippen molar-refractivity contribution in [3.8, 4) is 0 Å². The van der Waals surface area contributed by atoms with Crippen LogP contribution >= 0.6 is 0 Å². The van der Waals surface area contributed by atoms with Crippen LogP contribution in [0.5, 0.6) is 0 Å². The second-order valence-electron chi connectivity index (χ2n) is 6.33. The lowest BCUT2D eigenvalue weighted by molar-refractivity contribution is -0.137. The van der Waals surface area contributed by atoms with Crippen LogP contribution in [0.2, 0.25) is 0 Å². The van der Waals surface area contributed by atoms with Crippen molar-refractivity contribution in [3.63, 3.8) is 0 Å². The summed E-state index contributed by atoms with van der Waals surface area (Å²) in [5, 5.41) is 0.699. The SMILES string of the molecule is Cc1ccc(S(=O)(=O)n2c3ccccc3c3cc(C(F)(F)F)ccc32)cc1. The fourth-order valence-corrected chi connectivity index (χ4v) is 4.72. The first-order valence-electron chi connectivity index (χ1n) is 8.12. The number of hydrogen-bond acceptors (Lipinski definition) is 2. The molecule has 0 fully saturated rings. The summed E-state index contributed by atoms with van der Waals surface area (Å²) < 4.78 is 67.0. The van der Waals surface area contributed by atoms with Gasteiger partial charge >= 0.3 is 6.18 Å². The summed E-state index contributed by atoms with van der Waals surface area (Å²) in [7, 11) is -3.98. The Morgan fingerprint density at radius 3 is 2.11 bits per heavy atom.